The lowest BCUT2D eigenvalue weighted by Crippen LogP contribution is -2.34. The molecule has 0 unspecified atom stereocenters. The molecule has 1 fully saturated rings. The van der Waals surface area contributed by atoms with Crippen molar-refractivity contribution < 1.29 is 9.53 Å². The van der Waals surface area contributed by atoms with E-state index in [0.29, 0.717) is 19.0 Å². The molecule has 0 aliphatic heterocycles. The fourth-order valence-electron chi connectivity index (χ4n) is 2.49. The topological polar surface area (TPSA) is 42.4 Å². The number of hydrogen-bond acceptors (Lipinski definition) is 3. The summed E-state index contributed by atoms with van der Waals surface area (Å²) in [4.78, 5) is 18.9. The zero-order valence-electron chi connectivity index (χ0n) is 12.7. The molecule has 0 N–H and O–H groups in total. The number of aromatic nitrogens is 1. The molecule has 1 saturated carbocycles. The van der Waals surface area contributed by atoms with Crippen LogP contribution in [-0.2, 0) is 17.8 Å². The van der Waals surface area contributed by atoms with E-state index in [1.807, 2.05) is 47.4 Å². The molecule has 4 heteroatoms. The Labute approximate surface area is 130 Å². The van der Waals surface area contributed by atoms with Crippen LogP contribution in [0.15, 0.2) is 48.7 Å². The average molecular weight is 296 g/mol. The van der Waals surface area contributed by atoms with Crippen LogP contribution in [0.3, 0.4) is 0 Å². The van der Waals surface area contributed by atoms with E-state index in [2.05, 4.69) is 4.98 Å². The molecule has 22 heavy (non-hydrogen) atoms. The van der Waals surface area contributed by atoms with Gasteiger partial charge in [0.25, 0.3) is 0 Å². The monoisotopic (exact) mass is 296 g/mol. The van der Waals surface area contributed by atoms with Crippen LogP contribution in [-0.4, -0.2) is 28.9 Å². The molecule has 114 valence electrons. The van der Waals surface area contributed by atoms with E-state index in [1.54, 1.807) is 13.3 Å². The smallest absolute Gasteiger partial charge is 0.227 e. The predicted octanol–water partition coefficient (Wildman–Crippen LogP) is 2.82. The largest absolute Gasteiger partial charge is 0.497 e. The molecule has 0 atom stereocenters. The van der Waals surface area contributed by atoms with Gasteiger partial charge in [-0.2, -0.15) is 0 Å². The summed E-state index contributed by atoms with van der Waals surface area (Å²) in [5.74, 6) is 0.974. The van der Waals surface area contributed by atoms with E-state index in [9.17, 15) is 4.79 Å². The van der Waals surface area contributed by atoms with Crippen LogP contribution in [0.2, 0.25) is 0 Å². The van der Waals surface area contributed by atoms with E-state index < -0.39 is 0 Å². The van der Waals surface area contributed by atoms with Crippen LogP contribution < -0.4 is 4.74 Å². The first-order valence-corrected chi connectivity index (χ1v) is 7.58. The number of rotatable bonds is 6. The van der Waals surface area contributed by atoms with Crippen molar-refractivity contribution in [3.8, 4) is 5.75 Å². The van der Waals surface area contributed by atoms with Gasteiger partial charge in [-0.05, 0) is 42.7 Å². The molecule has 4 nitrogen and oxygen atoms in total. The van der Waals surface area contributed by atoms with Crippen LogP contribution in [0.5, 0.6) is 5.75 Å². The Hall–Kier alpha value is -2.36. The van der Waals surface area contributed by atoms with Gasteiger partial charge in [-0.1, -0.05) is 18.2 Å². The molecule has 1 aromatic heterocycles. The maximum Gasteiger partial charge on any atom is 0.227 e. The van der Waals surface area contributed by atoms with Gasteiger partial charge in [-0.15, -0.1) is 0 Å². The molecule has 0 radical (unpaired) electrons. The lowest BCUT2D eigenvalue weighted by molar-refractivity contribution is -0.131. The highest BCUT2D eigenvalue weighted by molar-refractivity contribution is 5.79. The van der Waals surface area contributed by atoms with Gasteiger partial charge in [0.1, 0.15) is 5.75 Å². The second-order valence-electron chi connectivity index (χ2n) is 5.60. The van der Waals surface area contributed by atoms with Gasteiger partial charge in [0.2, 0.25) is 5.91 Å². The predicted molar refractivity (Wildman–Crippen MR) is 84.5 cm³/mol. The Morgan fingerprint density at radius 3 is 2.59 bits per heavy atom. The van der Waals surface area contributed by atoms with Crippen LogP contribution in [0.25, 0.3) is 0 Å². The van der Waals surface area contributed by atoms with Gasteiger partial charge >= 0.3 is 0 Å². The number of pyridine rings is 1. The molecule has 0 spiro atoms. The van der Waals surface area contributed by atoms with Crippen molar-refractivity contribution in [2.24, 2.45) is 0 Å². The first-order valence-electron chi connectivity index (χ1n) is 7.58. The number of carbonyl (C=O) groups excluding carboxylic acids is 1. The highest BCUT2D eigenvalue weighted by atomic mass is 16.5. The Bertz CT molecular complexity index is 621. The molecular formula is C18H20N2O2. The summed E-state index contributed by atoms with van der Waals surface area (Å²) in [7, 11) is 1.64. The highest BCUT2D eigenvalue weighted by Gasteiger charge is 2.32. The zero-order chi connectivity index (χ0) is 15.4. The van der Waals surface area contributed by atoms with Gasteiger partial charge in [0.15, 0.2) is 0 Å². The molecule has 0 saturated heterocycles. The lowest BCUT2D eigenvalue weighted by atomic mass is 10.1. The third-order valence-electron chi connectivity index (χ3n) is 3.88. The van der Waals surface area contributed by atoms with Crippen molar-refractivity contribution in [2.45, 2.75) is 31.8 Å². The van der Waals surface area contributed by atoms with E-state index in [1.165, 1.54) is 0 Å². The Morgan fingerprint density at radius 1 is 1.23 bits per heavy atom. The summed E-state index contributed by atoms with van der Waals surface area (Å²) in [6.45, 7) is 0.598. The molecule has 0 bridgehead atoms. The van der Waals surface area contributed by atoms with Gasteiger partial charge in [-0.3, -0.25) is 9.78 Å². The maximum atomic E-state index is 12.6. The fourth-order valence-corrected chi connectivity index (χ4v) is 2.49. The van der Waals surface area contributed by atoms with Crippen molar-refractivity contribution in [3.05, 3.63) is 59.9 Å². The van der Waals surface area contributed by atoms with Crippen molar-refractivity contribution in [3.63, 3.8) is 0 Å². The van der Waals surface area contributed by atoms with Crippen LogP contribution in [0.4, 0.5) is 0 Å². The third kappa shape index (κ3) is 3.64. The molecular weight excluding hydrogens is 276 g/mol. The summed E-state index contributed by atoms with van der Waals surface area (Å²) in [6.07, 6.45) is 4.39. The molecule has 2 aromatic rings. The molecule has 1 aromatic carbocycles. The van der Waals surface area contributed by atoms with Crippen molar-refractivity contribution in [2.75, 3.05) is 7.11 Å². The Balaban J connectivity index is 1.67. The molecule has 1 aliphatic carbocycles. The van der Waals surface area contributed by atoms with Gasteiger partial charge in [0, 0.05) is 12.2 Å². The molecule has 1 heterocycles. The van der Waals surface area contributed by atoms with Crippen LogP contribution in [0, 0.1) is 0 Å². The summed E-state index contributed by atoms with van der Waals surface area (Å²) < 4.78 is 5.15. The van der Waals surface area contributed by atoms with E-state index in [-0.39, 0.29) is 5.91 Å². The summed E-state index contributed by atoms with van der Waals surface area (Å²) in [6, 6.07) is 13.9. The van der Waals surface area contributed by atoms with E-state index in [0.717, 1.165) is 29.8 Å². The Kier molecular flexibility index (Phi) is 4.37. The Morgan fingerprint density at radius 2 is 2.00 bits per heavy atom. The molecule has 3 rings (SSSR count). The van der Waals surface area contributed by atoms with Crippen molar-refractivity contribution in [1.29, 1.82) is 0 Å². The zero-order valence-corrected chi connectivity index (χ0v) is 12.7. The lowest BCUT2D eigenvalue weighted by Gasteiger charge is -2.22. The minimum absolute atomic E-state index is 0.165. The van der Waals surface area contributed by atoms with E-state index >= 15 is 0 Å². The second-order valence-corrected chi connectivity index (χ2v) is 5.60. The third-order valence-corrected chi connectivity index (χ3v) is 3.88. The van der Waals surface area contributed by atoms with Crippen molar-refractivity contribution in [1.82, 2.24) is 9.88 Å². The first-order chi connectivity index (χ1) is 10.8. The average Bonchev–Trinajstić information content (AvgIpc) is 3.39. The van der Waals surface area contributed by atoms with Crippen molar-refractivity contribution >= 4 is 5.91 Å². The SMILES string of the molecule is COc1ccc(CC(=O)N(Cc2ccccn2)C2CC2)cc1. The normalized spacial score (nSPS) is 13.7. The van der Waals surface area contributed by atoms with Crippen LogP contribution in [0.1, 0.15) is 24.1 Å². The maximum absolute atomic E-state index is 12.6. The fraction of sp³-hybridized carbons (Fsp3) is 0.333. The number of methoxy groups -OCH3 is 1. The number of ether oxygens (including phenoxy) is 1. The standard InChI is InChI=1S/C18H20N2O2/c1-22-17-9-5-14(6-10-17)12-18(21)20(16-7-8-16)13-15-4-2-3-11-19-15/h2-6,9-11,16H,7-8,12-13H2,1H3. The summed E-state index contributed by atoms with van der Waals surface area (Å²) >= 11 is 0. The first kappa shape index (κ1) is 14.6. The number of amides is 1. The summed E-state index contributed by atoms with van der Waals surface area (Å²) in [5.41, 5.74) is 1.95. The van der Waals surface area contributed by atoms with Crippen LogP contribution >= 0.6 is 0 Å². The van der Waals surface area contributed by atoms with Gasteiger partial charge in [0.05, 0.1) is 25.8 Å². The second kappa shape index (κ2) is 6.60. The summed E-state index contributed by atoms with van der Waals surface area (Å²) in [5, 5.41) is 0. The highest BCUT2D eigenvalue weighted by Crippen LogP contribution is 2.28. The molecule has 1 aliphatic rings. The van der Waals surface area contributed by atoms with E-state index in [4.69, 9.17) is 4.74 Å². The minimum atomic E-state index is 0.165. The minimum Gasteiger partial charge on any atom is -0.497 e. The quantitative estimate of drug-likeness (QED) is 0.823. The number of carbonyl (C=O) groups is 1. The molecule has 1 amide bonds. The van der Waals surface area contributed by atoms with Gasteiger partial charge in [-0.25, -0.2) is 0 Å². The number of nitrogens with zero attached hydrogens (tertiary/aromatic N) is 2. The number of hydrogen-bond donors (Lipinski definition) is 0. The number of benzene rings is 1. The van der Waals surface area contributed by atoms with Gasteiger partial charge < -0.3 is 9.64 Å².